The molecule has 142 valence electrons. The molecule has 1 aliphatic heterocycles. The van der Waals surface area contributed by atoms with Crippen LogP contribution < -0.4 is 5.69 Å². The molecule has 0 fully saturated rings. The van der Waals surface area contributed by atoms with Gasteiger partial charge in [-0.3, -0.25) is 9.25 Å². The molecule has 1 atom stereocenters. The number of rotatable bonds is 1. The molecule has 2 aromatic heterocycles. The lowest BCUT2D eigenvalue weighted by Crippen LogP contribution is -2.28. The highest BCUT2D eigenvalue weighted by Crippen LogP contribution is 2.46. The number of hydrogen-bond donors (Lipinski definition) is 0. The average molecular weight is 402 g/mol. The van der Waals surface area contributed by atoms with E-state index >= 15 is 0 Å². The molecule has 0 saturated carbocycles. The van der Waals surface area contributed by atoms with Crippen molar-refractivity contribution in [3.05, 3.63) is 64.3 Å². The van der Waals surface area contributed by atoms with Gasteiger partial charge in [0.2, 0.25) is 0 Å². The van der Waals surface area contributed by atoms with E-state index in [9.17, 15) is 18.0 Å². The van der Waals surface area contributed by atoms with E-state index in [4.69, 9.17) is 0 Å². The second kappa shape index (κ2) is 5.84. The Morgan fingerprint density at radius 3 is 2.75 bits per heavy atom. The highest BCUT2D eigenvalue weighted by Gasteiger charge is 2.34. The molecule has 0 amide bonds. The summed E-state index contributed by atoms with van der Waals surface area (Å²) < 4.78 is 43.3. The molecular weight excluding hydrogens is 389 g/mol. The third-order valence-corrected chi connectivity index (χ3v) is 6.26. The van der Waals surface area contributed by atoms with Gasteiger partial charge in [-0.2, -0.15) is 18.3 Å². The Hall–Kier alpha value is -2.81. The molecule has 2 aromatic carbocycles. The van der Waals surface area contributed by atoms with Crippen LogP contribution in [0.2, 0.25) is 0 Å². The van der Waals surface area contributed by atoms with Gasteiger partial charge in [-0.15, -0.1) is 11.8 Å². The van der Waals surface area contributed by atoms with Crippen molar-refractivity contribution in [3.8, 4) is 0 Å². The van der Waals surface area contributed by atoms with Crippen molar-refractivity contribution in [1.82, 2.24) is 19.3 Å². The monoisotopic (exact) mass is 402 g/mol. The first kappa shape index (κ1) is 17.3. The van der Waals surface area contributed by atoms with E-state index in [1.165, 1.54) is 22.5 Å². The van der Waals surface area contributed by atoms with E-state index in [0.717, 1.165) is 28.6 Å². The fourth-order valence-electron chi connectivity index (χ4n) is 3.77. The highest BCUT2D eigenvalue weighted by atomic mass is 32.2. The highest BCUT2D eigenvalue weighted by molar-refractivity contribution is 7.99. The number of hydrogen-bond acceptors (Lipinski definition) is 4. The number of halogens is 3. The minimum atomic E-state index is -4.47. The quantitative estimate of drug-likeness (QED) is 0.480. The zero-order chi connectivity index (χ0) is 19.6. The standard InChI is InChI=1S/C19H13F3N4OS/c1-25-16-10(8-24-25)3-2-4-13(16)15-9-26-17-11(7-23-18(26)27)5-12(19(20,21)22)6-14(17)28-15/h2-8,15H,9H2,1H3. The molecular formula is C19H13F3N4OS. The van der Waals surface area contributed by atoms with E-state index in [-0.39, 0.29) is 5.25 Å². The maximum absolute atomic E-state index is 13.4. The molecule has 5 rings (SSSR count). The fourth-order valence-corrected chi connectivity index (χ4v) is 5.15. The van der Waals surface area contributed by atoms with Crippen LogP contribution in [0.15, 0.2) is 52.4 Å². The van der Waals surface area contributed by atoms with Crippen LogP contribution in [0.5, 0.6) is 0 Å². The number of benzene rings is 2. The number of thioether (sulfide) groups is 1. The second-order valence-electron chi connectivity index (χ2n) is 6.72. The largest absolute Gasteiger partial charge is 0.416 e. The van der Waals surface area contributed by atoms with Crippen molar-refractivity contribution in [2.24, 2.45) is 7.05 Å². The van der Waals surface area contributed by atoms with Gasteiger partial charge in [-0.1, -0.05) is 18.2 Å². The van der Waals surface area contributed by atoms with Crippen molar-refractivity contribution in [1.29, 1.82) is 0 Å². The van der Waals surface area contributed by atoms with Gasteiger partial charge in [-0.25, -0.2) is 9.78 Å². The van der Waals surface area contributed by atoms with Gasteiger partial charge in [0.15, 0.2) is 0 Å². The Morgan fingerprint density at radius 2 is 1.96 bits per heavy atom. The van der Waals surface area contributed by atoms with Gasteiger partial charge >= 0.3 is 11.9 Å². The molecule has 0 radical (unpaired) electrons. The molecule has 5 nitrogen and oxygen atoms in total. The first-order valence-electron chi connectivity index (χ1n) is 8.51. The molecule has 4 aromatic rings. The van der Waals surface area contributed by atoms with E-state index < -0.39 is 17.4 Å². The number of aromatic nitrogens is 4. The van der Waals surface area contributed by atoms with Gasteiger partial charge in [-0.05, 0) is 17.7 Å². The summed E-state index contributed by atoms with van der Waals surface area (Å²) in [5.41, 5.74) is 1.13. The third kappa shape index (κ3) is 2.53. The Bertz CT molecular complexity index is 1310. The Labute approximate surface area is 160 Å². The maximum Gasteiger partial charge on any atom is 0.416 e. The van der Waals surface area contributed by atoms with Crippen molar-refractivity contribution >= 4 is 33.6 Å². The maximum atomic E-state index is 13.4. The Morgan fingerprint density at radius 1 is 1.14 bits per heavy atom. The predicted molar refractivity (Wildman–Crippen MR) is 100 cm³/mol. The van der Waals surface area contributed by atoms with E-state index in [1.54, 1.807) is 10.9 Å². The summed E-state index contributed by atoms with van der Waals surface area (Å²) in [4.78, 5) is 16.6. The van der Waals surface area contributed by atoms with E-state index in [0.29, 0.717) is 22.3 Å². The van der Waals surface area contributed by atoms with Crippen LogP contribution in [0, 0.1) is 0 Å². The molecule has 0 saturated heterocycles. The minimum absolute atomic E-state index is 0.236. The molecule has 9 heteroatoms. The van der Waals surface area contributed by atoms with Gasteiger partial charge in [0.25, 0.3) is 0 Å². The van der Waals surface area contributed by atoms with Crippen LogP contribution in [0.4, 0.5) is 13.2 Å². The summed E-state index contributed by atoms with van der Waals surface area (Å²) >= 11 is 1.34. The Balaban J connectivity index is 1.74. The zero-order valence-electron chi connectivity index (χ0n) is 14.6. The first-order chi connectivity index (χ1) is 13.3. The number of nitrogens with zero attached hydrogens (tertiary/aromatic N) is 4. The van der Waals surface area contributed by atoms with Crippen molar-refractivity contribution < 1.29 is 13.2 Å². The zero-order valence-corrected chi connectivity index (χ0v) is 15.4. The van der Waals surface area contributed by atoms with Gasteiger partial charge < -0.3 is 0 Å². The van der Waals surface area contributed by atoms with Crippen molar-refractivity contribution in [2.45, 2.75) is 22.9 Å². The lowest BCUT2D eigenvalue weighted by atomic mass is 10.1. The van der Waals surface area contributed by atoms with E-state index in [1.807, 2.05) is 25.2 Å². The minimum Gasteiger partial charge on any atom is -0.289 e. The van der Waals surface area contributed by atoms with Crippen molar-refractivity contribution in [2.75, 3.05) is 0 Å². The summed E-state index contributed by atoms with van der Waals surface area (Å²) in [5, 5.41) is 5.30. The molecule has 0 N–H and O–H groups in total. The molecule has 28 heavy (non-hydrogen) atoms. The first-order valence-corrected chi connectivity index (χ1v) is 9.39. The summed E-state index contributed by atoms with van der Waals surface area (Å²) in [6, 6.07) is 7.93. The van der Waals surface area contributed by atoms with Crippen LogP contribution in [0.3, 0.4) is 0 Å². The summed E-state index contributed by atoms with van der Waals surface area (Å²) in [6.45, 7) is 0.330. The summed E-state index contributed by atoms with van der Waals surface area (Å²) in [5.74, 6) is 0. The number of alkyl halides is 3. The molecule has 1 unspecified atom stereocenters. The van der Waals surface area contributed by atoms with Gasteiger partial charge in [0.1, 0.15) is 0 Å². The third-order valence-electron chi connectivity index (χ3n) is 5.00. The topological polar surface area (TPSA) is 52.7 Å². The van der Waals surface area contributed by atoms with E-state index in [2.05, 4.69) is 10.1 Å². The lowest BCUT2D eigenvalue weighted by molar-refractivity contribution is -0.137. The number of fused-ring (bicyclic) bond motifs is 1. The van der Waals surface area contributed by atoms with Crippen LogP contribution in [0.25, 0.3) is 21.8 Å². The molecule has 1 aliphatic rings. The molecule has 0 spiro atoms. The van der Waals surface area contributed by atoms with Gasteiger partial charge in [0, 0.05) is 35.5 Å². The van der Waals surface area contributed by atoms with Gasteiger partial charge in [0.05, 0.1) is 28.0 Å². The van der Waals surface area contributed by atoms with Crippen LogP contribution >= 0.6 is 11.8 Å². The van der Waals surface area contributed by atoms with Crippen LogP contribution in [-0.2, 0) is 19.8 Å². The number of aryl methyl sites for hydroxylation is 1. The predicted octanol–water partition coefficient (Wildman–Crippen LogP) is 4.15. The summed E-state index contributed by atoms with van der Waals surface area (Å²) in [7, 11) is 1.82. The SMILES string of the molecule is Cn1ncc2cccc(C3Cn4c(=O)ncc5cc(C(F)(F)F)cc(c54)S3)c21. The molecule has 0 bridgehead atoms. The second-order valence-corrected chi connectivity index (χ2v) is 7.97. The molecule has 0 aliphatic carbocycles. The smallest absolute Gasteiger partial charge is 0.289 e. The summed E-state index contributed by atoms with van der Waals surface area (Å²) in [6.07, 6.45) is -1.51. The average Bonchev–Trinajstić information content (AvgIpc) is 3.04. The number of para-hydroxylation sites is 1. The van der Waals surface area contributed by atoms with Crippen molar-refractivity contribution in [3.63, 3.8) is 0 Å². The normalized spacial score (nSPS) is 16.8. The molecule has 3 heterocycles. The lowest BCUT2D eigenvalue weighted by Gasteiger charge is -2.27. The fraction of sp³-hybridized carbons (Fsp3) is 0.211. The Kier molecular flexibility index (Phi) is 3.61. The van der Waals surface area contributed by atoms with Crippen LogP contribution in [-0.4, -0.2) is 19.3 Å². The van der Waals surface area contributed by atoms with Crippen LogP contribution in [0.1, 0.15) is 16.4 Å².